The molecule has 0 atom stereocenters. The highest BCUT2D eigenvalue weighted by Crippen LogP contribution is 2.56. The third-order valence-corrected chi connectivity index (χ3v) is 7.56. The Morgan fingerprint density at radius 1 is 1.13 bits per heavy atom. The Balaban J connectivity index is 1.53. The standard InChI is InChI=1S/C18H23N3OS/c1-9-10(2)23-16-14(9)15(22)19-17(20-16)21-18-6-11-3-12(7-18)5-13(4-11)8-18/h11-13H,3-8H2,1-2H3,(H2,19,20,21,22). The summed E-state index contributed by atoms with van der Waals surface area (Å²) in [6.45, 7) is 4.07. The van der Waals surface area contributed by atoms with Crippen LogP contribution < -0.4 is 10.9 Å². The molecule has 2 aromatic heterocycles. The molecule has 122 valence electrons. The first kappa shape index (κ1) is 14.0. The molecule has 0 unspecified atom stereocenters. The van der Waals surface area contributed by atoms with Crippen molar-refractivity contribution in [2.75, 3.05) is 5.32 Å². The first-order chi connectivity index (χ1) is 11.0. The van der Waals surface area contributed by atoms with Crippen LogP contribution in [-0.4, -0.2) is 15.5 Å². The molecule has 4 aliphatic carbocycles. The Bertz CT molecular complexity index is 815. The number of hydrogen-bond donors (Lipinski definition) is 2. The number of thiophene rings is 1. The summed E-state index contributed by atoms with van der Waals surface area (Å²) in [5.41, 5.74) is 1.25. The van der Waals surface area contributed by atoms with Gasteiger partial charge in [0.1, 0.15) is 4.83 Å². The van der Waals surface area contributed by atoms with Crippen molar-refractivity contribution in [2.24, 2.45) is 17.8 Å². The van der Waals surface area contributed by atoms with Crippen LogP contribution in [0.4, 0.5) is 5.95 Å². The fourth-order valence-corrected chi connectivity index (χ4v) is 6.86. The third kappa shape index (κ3) is 2.09. The number of aromatic nitrogens is 2. The normalized spacial score (nSPS) is 35.1. The predicted octanol–water partition coefficient (Wildman–Crippen LogP) is 3.98. The first-order valence-electron chi connectivity index (χ1n) is 8.79. The molecule has 0 amide bonds. The van der Waals surface area contributed by atoms with Gasteiger partial charge in [0.15, 0.2) is 0 Å². The Kier molecular flexibility index (Phi) is 2.80. The minimum atomic E-state index is 0.00378. The van der Waals surface area contributed by atoms with E-state index in [-0.39, 0.29) is 11.1 Å². The SMILES string of the molecule is Cc1sc2nc(NC34CC5CC(CC(C5)C3)C4)[nH]c(=O)c2c1C. The van der Waals surface area contributed by atoms with E-state index in [0.717, 1.165) is 33.5 Å². The molecule has 23 heavy (non-hydrogen) atoms. The van der Waals surface area contributed by atoms with Crippen LogP contribution in [0.5, 0.6) is 0 Å². The second-order valence-corrected chi connectivity index (χ2v) is 9.40. The van der Waals surface area contributed by atoms with E-state index in [1.54, 1.807) is 11.3 Å². The molecule has 2 aromatic rings. The molecular weight excluding hydrogens is 306 g/mol. The van der Waals surface area contributed by atoms with Gasteiger partial charge in [0.25, 0.3) is 5.56 Å². The number of H-pyrrole nitrogens is 1. The predicted molar refractivity (Wildman–Crippen MR) is 94.2 cm³/mol. The molecule has 4 aliphatic rings. The Hall–Kier alpha value is -1.36. The van der Waals surface area contributed by atoms with E-state index in [1.807, 2.05) is 6.92 Å². The van der Waals surface area contributed by atoms with Gasteiger partial charge >= 0.3 is 0 Å². The van der Waals surface area contributed by atoms with Crippen molar-refractivity contribution in [1.29, 1.82) is 0 Å². The number of rotatable bonds is 2. The molecular formula is C18H23N3OS. The highest BCUT2D eigenvalue weighted by molar-refractivity contribution is 7.18. The summed E-state index contributed by atoms with van der Waals surface area (Å²) in [5, 5.41) is 4.46. The largest absolute Gasteiger partial charge is 0.350 e. The van der Waals surface area contributed by atoms with Gasteiger partial charge in [-0.2, -0.15) is 0 Å². The molecule has 0 aliphatic heterocycles. The summed E-state index contributed by atoms with van der Waals surface area (Å²) < 4.78 is 0. The molecule has 2 heterocycles. The summed E-state index contributed by atoms with van der Waals surface area (Å²) in [7, 11) is 0. The number of aromatic amines is 1. The van der Waals surface area contributed by atoms with Gasteiger partial charge in [-0.3, -0.25) is 9.78 Å². The van der Waals surface area contributed by atoms with Gasteiger partial charge in [-0.15, -0.1) is 11.3 Å². The average Bonchev–Trinajstić information content (AvgIpc) is 2.71. The number of nitrogens with zero attached hydrogens (tertiary/aromatic N) is 1. The first-order valence-corrected chi connectivity index (χ1v) is 9.61. The summed E-state index contributed by atoms with van der Waals surface area (Å²) >= 11 is 1.63. The second kappa shape index (κ2) is 4.59. The van der Waals surface area contributed by atoms with Gasteiger partial charge in [0.2, 0.25) is 5.95 Å². The molecule has 0 radical (unpaired) electrons. The van der Waals surface area contributed by atoms with Crippen molar-refractivity contribution >= 4 is 27.5 Å². The zero-order valence-electron chi connectivity index (χ0n) is 13.7. The van der Waals surface area contributed by atoms with Gasteiger partial charge in [0.05, 0.1) is 5.39 Å². The number of fused-ring (bicyclic) bond motifs is 1. The van der Waals surface area contributed by atoms with E-state index < -0.39 is 0 Å². The fourth-order valence-electron chi connectivity index (χ4n) is 5.83. The minimum Gasteiger partial charge on any atom is -0.350 e. The van der Waals surface area contributed by atoms with Gasteiger partial charge in [-0.1, -0.05) is 0 Å². The Morgan fingerprint density at radius 3 is 2.35 bits per heavy atom. The summed E-state index contributed by atoms with van der Waals surface area (Å²) in [4.78, 5) is 22.3. The van der Waals surface area contributed by atoms with Crippen LogP contribution in [0.25, 0.3) is 10.2 Å². The quantitative estimate of drug-likeness (QED) is 0.876. The van der Waals surface area contributed by atoms with Crippen molar-refractivity contribution in [2.45, 2.75) is 57.9 Å². The van der Waals surface area contributed by atoms with Crippen LogP contribution in [-0.2, 0) is 0 Å². The van der Waals surface area contributed by atoms with Crippen LogP contribution >= 0.6 is 11.3 Å². The number of aryl methyl sites for hydroxylation is 2. The smallest absolute Gasteiger partial charge is 0.261 e. The topological polar surface area (TPSA) is 57.8 Å². The molecule has 0 spiro atoms. The van der Waals surface area contributed by atoms with Crippen LogP contribution in [0.3, 0.4) is 0 Å². The van der Waals surface area contributed by atoms with Crippen molar-refractivity contribution in [3.8, 4) is 0 Å². The van der Waals surface area contributed by atoms with E-state index in [0.29, 0.717) is 5.95 Å². The second-order valence-electron chi connectivity index (χ2n) is 8.20. The van der Waals surface area contributed by atoms with E-state index in [9.17, 15) is 4.79 Å². The summed E-state index contributed by atoms with van der Waals surface area (Å²) in [5.74, 6) is 3.34. The van der Waals surface area contributed by atoms with Crippen LogP contribution in [0.15, 0.2) is 4.79 Å². The van der Waals surface area contributed by atoms with Crippen molar-refractivity contribution in [3.63, 3.8) is 0 Å². The lowest BCUT2D eigenvalue weighted by Crippen LogP contribution is -2.55. The fraction of sp³-hybridized carbons (Fsp3) is 0.667. The van der Waals surface area contributed by atoms with Crippen LogP contribution in [0, 0.1) is 31.6 Å². The molecule has 4 saturated carbocycles. The number of hydrogen-bond acceptors (Lipinski definition) is 4. The maximum Gasteiger partial charge on any atom is 0.261 e. The zero-order valence-corrected chi connectivity index (χ0v) is 14.6. The Labute approximate surface area is 139 Å². The molecule has 4 nitrogen and oxygen atoms in total. The number of nitrogens with one attached hydrogen (secondary N) is 2. The van der Waals surface area contributed by atoms with Gasteiger partial charge in [0, 0.05) is 10.4 Å². The highest BCUT2D eigenvalue weighted by Gasteiger charge is 2.51. The molecule has 5 heteroatoms. The van der Waals surface area contributed by atoms with E-state index >= 15 is 0 Å². The van der Waals surface area contributed by atoms with Crippen molar-refractivity contribution in [1.82, 2.24) is 9.97 Å². The van der Waals surface area contributed by atoms with Crippen molar-refractivity contribution < 1.29 is 0 Å². The highest BCUT2D eigenvalue weighted by atomic mass is 32.1. The maximum absolute atomic E-state index is 12.5. The number of anilines is 1. The molecule has 4 fully saturated rings. The molecule has 6 rings (SSSR count). The van der Waals surface area contributed by atoms with Crippen LogP contribution in [0.2, 0.25) is 0 Å². The lowest BCUT2D eigenvalue weighted by molar-refractivity contribution is 0.0104. The monoisotopic (exact) mass is 329 g/mol. The van der Waals surface area contributed by atoms with Crippen molar-refractivity contribution in [3.05, 3.63) is 20.8 Å². The molecule has 0 saturated heterocycles. The van der Waals surface area contributed by atoms with E-state index in [4.69, 9.17) is 4.98 Å². The summed E-state index contributed by atoms with van der Waals surface area (Å²) in [6.07, 6.45) is 8.03. The maximum atomic E-state index is 12.5. The lowest BCUT2D eigenvalue weighted by atomic mass is 9.53. The molecule has 0 aromatic carbocycles. The lowest BCUT2D eigenvalue weighted by Gasteiger charge is -2.56. The van der Waals surface area contributed by atoms with Gasteiger partial charge in [-0.25, -0.2) is 4.98 Å². The van der Waals surface area contributed by atoms with Gasteiger partial charge in [-0.05, 0) is 75.7 Å². The third-order valence-electron chi connectivity index (χ3n) is 6.46. The Morgan fingerprint density at radius 2 is 1.74 bits per heavy atom. The van der Waals surface area contributed by atoms with Crippen LogP contribution in [0.1, 0.15) is 49.0 Å². The van der Waals surface area contributed by atoms with E-state index in [2.05, 4.69) is 17.2 Å². The summed E-state index contributed by atoms with van der Waals surface area (Å²) in [6, 6.07) is 0. The molecule has 4 bridgehead atoms. The van der Waals surface area contributed by atoms with E-state index in [1.165, 1.54) is 43.4 Å². The molecule has 2 N–H and O–H groups in total. The zero-order chi connectivity index (χ0) is 15.8. The minimum absolute atomic E-state index is 0.00378. The average molecular weight is 329 g/mol. The van der Waals surface area contributed by atoms with Gasteiger partial charge < -0.3 is 5.32 Å².